The molecule has 2 fully saturated rings. The van der Waals surface area contributed by atoms with Crippen LogP contribution in [0.4, 0.5) is 0 Å². The van der Waals surface area contributed by atoms with Crippen molar-refractivity contribution in [1.82, 2.24) is 9.88 Å². The third kappa shape index (κ3) is 1.69. The monoisotopic (exact) mass is 326 g/mol. The average molecular weight is 326 g/mol. The number of fused-ring (bicyclic) bond motifs is 7. The Hall–Kier alpha value is -1.85. The molecule has 5 heteroatoms. The Balaban J connectivity index is 1.74. The van der Waals surface area contributed by atoms with Crippen molar-refractivity contribution in [3.05, 3.63) is 29.5 Å². The number of carbonyl (C=O) groups excluding carboxylic acids is 1. The van der Waals surface area contributed by atoms with Gasteiger partial charge in [-0.3, -0.25) is 4.90 Å². The van der Waals surface area contributed by atoms with Gasteiger partial charge in [0.1, 0.15) is 12.0 Å². The van der Waals surface area contributed by atoms with Crippen molar-refractivity contribution >= 4 is 17.2 Å². The predicted octanol–water partition coefficient (Wildman–Crippen LogP) is 2.45. The number of aldehydes is 1. The van der Waals surface area contributed by atoms with Gasteiger partial charge >= 0.3 is 0 Å². The van der Waals surface area contributed by atoms with Crippen molar-refractivity contribution in [2.24, 2.45) is 5.41 Å². The number of methoxy groups -OCH3 is 1. The van der Waals surface area contributed by atoms with Crippen LogP contribution in [0.2, 0.25) is 0 Å². The number of H-pyrrole nitrogens is 1. The number of para-hydroxylation sites is 1. The van der Waals surface area contributed by atoms with E-state index in [9.17, 15) is 4.79 Å². The van der Waals surface area contributed by atoms with E-state index in [1.54, 1.807) is 7.11 Å². The Morgan fingerprint density at radius 3 is 3.17 bits per heavy atom. The van der Waals surface area contributed by atoms with E-state index < -0.39 is 5.41 Å². The summed E-state index contributed by atoms with van der Waals surface area (Å²) >= 11 is 0. The Bertz CT molecular complexity index is 814. The highest BCUT2D eigenvalue weighted by Crippen LogP contribution is 2.54. The van der Waals surface area contributed by atoms with Crippen LogP contribution in [0.3, 0.4) is 0 Å². The van der Waals surface area contributed by atoms with Crippen LogP contribution in [0.1, 0.15) is 30.1 Å². The Morgan fingerprint density at radius 1 is 1.42 bits per heavy atom. The molecule has 24 heavy (non-hydrogen) atoms. The molecular formula is C19H22N2O3. The molecule has 0 bridgehead atoms. The molecule has 5 nitrogen and oxygen atoms in total. The van der Waals surface area contributed by atoms with Crippen LogP contribution in [0, 0.1) is 5.41 Å². The number of carbonyl (C=O) groups is 1. The summed E-state index contributed by atoms with van der Waals surface area (Å²) in [6.07, 6.45) is 4.01. The number of aromatic nitrogens is 1. The lowest BCUT2D eigenvalue weighted by atomic mass is 9.68. The quantitative estimate of drug-likeness (QED) is 0.862. The molecule has 4 heterocycles. The van der Waals surface area contributed by atoms with Gasteiger partial charge in [0.15, 0.2) is 0 Å². The highest BCUT2D eigenvalue weighted by atomic mass is 16.5. The largest absolute Gasteiger partial charge is 0.495 e. The number of benzene rings is 1. The minimum absolute atomic E-state index is 0.0514. The van der Waals surface area contributed by atoms with Gasteiger partial charge in [-0.2, -0.15) is 0 Å². The van der Waals surface area contributed by atoms with Gasteiger partial charge in [-0.25, -0.2) is 0 Å². The number of hydrogen-bond acceptors (Lipinski definition) is 4. The number of ether oxygens (including phenoxy) is 2. The fraction of sp³-hybridized carbons (Fsp3) is 0.526. The van der Waals surface area contributed by atoms with Gasteiger partial charge in [-0.1, -0.05) is 12.1 Å². The average Bonchev–Trinajstić information content (AvgIpc) is 3.22. The number of hydrogen-bond donors (Lipinski definition) is 1. The van der Waals surface area contributed by atoms with Crippen molar-refractivity contribution in [1.29, 1.82) is 0 Å². The summed E-state index contributed by atoms with van der Waals surface area (Å²) < 4.78 is 11.5. The summed E-state index contributed by atoms with van der Waals surface area (Å²) in [5.41, 5.74) is 3.18. The topological polar surface area (TPSA) is 54.6 Å². The molecular weight excluding hydrogens is 304 g/mol. The third-order valence-corrected chi connectivity index (χ3v) is 6.30. The molecule has 0 unspecified atom stereocenters. The molecule has 1 aromatic carbocycles. The molecule has 0 radical (unpaired) electrons. The Labute approximate surface area is 140 Å². The van der Waals surface area contributed by atoms with Crippen molar-refractivity contribution in [3.8, 4) is 5.75 Å². The van der Waals surface area contributed by atoms with Gasteiger partial charge in [0.05, 0.1) is 30.2 Å². The maximum absolute atomic E-state index is 12.2. The van der Waals surface area contributed by atoms with E-state index in [0.717, 1.165) is 43.6 Å². The van der Waals surface area contributed by atoms with Gasteiger partial charge < -0.3 is 19.3 Å². The van der Waals surface area contributed by atoms with Gasteiger partial charge in [-0.05, 0) is 30.9 Å². The van der Waals surface area contributed by atoms with Gasteiger partial charge in [0.25, 0.3) is 0 Å². The van der Waals surface area contributed by atoms with E-state index in [2.05, 4.69) is 16.0 Å². The lowest BCUT2D eigenvalue weighted by Crippen LogP contribution is -2.55. The number of piperidine rings is 1. The summed E-state index contributed by atoms with van der Waals surface area (Å²) in [4.78, 5) is 18.3. The number of nitrogens with zero attached hydrogens (tertiary/aromatic N) is 1. The highest BCUT2D eigenvalue weighted by Gasteiger charge is 2.57. The van der Waals surface area contributed by atoms with Crippen LogP contribution in [0.25, 0.3) is 10.9 Å². The normalized spacial score (nSPS) is 32.2. The van der Waals surface area contributed by atoms with Crippen molar-refractivity contribution < 1.29 is 14.3 Å². The highest BCUT2D eigenvalue weighted by molar-refractivity contribution is 5.90. The summed E-state index contributed by atoms with van der Waals surface area (Å²) in [6.45, 7) is 2.69. The summed E-state index contributed by atoms with van der Waals surface area (Å²) in [7, 11) is 1.70. The van der Waals surface area contributed by atoms with Crippen LogP contribution >= 0.6 is 0 Å². The lowest BCUT2D eigenvalue weighted by molar-refractivity contribution is -0.131. The fourth-order valence-corrected chi connectivity index (χ4v) is 5.20. The second-order valence-electron chi connectivity index (χ2n) is 7.22. The molecule has 0 saturated carbocycles. The summed E-state index contributed by atoms with van der Waals surface area (Å²) in [6, 6.07) is 6.28. The molecule has 5 rings (SSSR count). The molecule has 1 aromatic heterocycles. The van der Waals surface area contributed by atoms with Crippen LogP contribution in [-0.4, -0.2) is 49.1 Å². The summed E-state index contributed by atoms with van der Waals surface area (Å²) in [5.74, 6) is 0.864. The van der Waals surface area contributed by atoms with Crippen molar-refractivity contribution in [2.75, 3.05) is 26.8 Å². The predicted molar refractivity (Wildman–Crippen MR) is 90.3 cm³/mol. The molecule has 126 valence electrons. The van der Waals surface area contributed by atoms with E-state index in [1.807, 2.05) is 12.1 Å². The maximum atomic E-state index is 12.2. The van der Waals surface area contributed by atoms with Crippen LogP contribution < -0.4 is 4.74 Å². The van der Waals surface area contributed by atoms with Gasteiger partial charge in [0, 0.05) is 30.8 Å². The summed E-state index contributed by atoms with van der Waals surface area (Å²) in [5, 5.41) is 1.23. The second-order valence-corrected chi connectivity index (χ2v) is 7.22. The molecule has 0 amide bonds. The minimum atomic E-state index is -0.415. The standard InChI is InChI=1S/C19H22N2O3/c1-23-14-4-2-3-12-13-5-8-21-9-6-15-19(11-22,7-10-24-15)18(21)17(13)20-16(12)14/h2-4,11,15,18,20H,5-10H2,1H3/t15-,18+,19+/m0/s1. The first kappa shape index (κ1) is 14.5. The molecule has 3 aliphatic rings. The third-order valence-electron chi connectivity index (χ3n) is 6.30. The molecule has 0 spiro atoms. The van der Waals surface area contributed by atoms with E-state index in [0.29, 0.717) is 6.61 Å². The molecule has 2 aromatic rings. The van der Waals surface area contributed by atoms with Crippen LogP contribution in [0.15, 0.2) is 18.2 Å². The second kappa shape index (κ2) is 5.07. The van der Waals surface area contributed by atoms with Gasteiger partial charge in [0.2, 0.25) is 0 Å². The SMILES string of the molecule is COc1cccc2c3c([nH]c12)[C@H]1N(CC3)CC[C@@H]2OCC[C@@]21C=O. The van der Waals surface area contributed by atoms with E-state index in [1.165, 1.54) is 22.9 Å². The van der Waals surface area contributed by atoms with Crippen molar-refractivity contribution in [3.63, 3.8) is 0 Å². The van der Waals surface area contributed by atoms with E-state index >= 15 is 0 Å². The van der Waals surface area contributed by atoms with E-state index in [-0.39, 0.29) is 12.1 Å². The maximum Gasteiger partial charge on any atom is 0.142 e. The number of rotatable bonds is 2. The van der Waals surface area contributed by atoms with Gasteiger partial charge in [-0.15, -0.1) is 0 Å². The molecule has 2 saturated heterocycles. The number of aromatic amines is 1. The van der Waals surface area contributed by atoms with Crippen LogP contribution in [0.5, 0.6) is 5.75 Å². The molecule has 1 N–H and O–H groups in total. The van der Waals surface area contributed by atoms with E-state index in [4.69, 9.17) is 9.47 Å². The Morgan fingerprint density at radius 2 is 2.33 bits per heavy atom. The molecule has 0 aliphatic carbocycles. The smallest absolute Gasteiger partial charge is 0.142 e. The van der Waals surface area contributed by atoms with Crippen molar-refractivity contribution in [2.45, 2.75) is 31.4 Å². The Kier molecular flexibility index (Phi) is 3.06. The first-order valence-corrected chi connectivity index (χ1v) is 8.78. The number of nitrogens with one attached hydrogen (secondary N) is 1. The zero-order valence-electron chi connectivity index (χ0n) is 13.9. The first-order valence-electron chi connectivity index (χ1n) is 8.78. The zero-order chi connectivity index (χ0) is 16.3. The molecule has 3 atom stereocenters. The first-order chi connectivity index (χ1) is 11.8. The fourth-order valence-electron chi connectivity index (χ4n) is 5.20. The molecule has 3 aliphatic heterocycles. The zero-order valence-corrected chi connectivity index (χ0v) is 13.9. The lowest BCUT2D eigenvalue weighted by Gasteiger charge is -2.49. The minimum Gasteiger partial charge on any atom is -0.495 e. The van der Waals surface area contributed by atoms with Crippen LogP contribution in [-0.2, 0) is 16.0 Å².